The van der Waals surface area contributed by atoms with Gasteiger partial charge in [-0.25, -0.2) is 34.9 Å². The van der Waals surface area contributed by atoms with Gasteiger partial charge in [0.2, 0.25) is 5.95 Å². The van der Waals surface area contributed by atoms with Gasteiger partial charge in [-0.3, -0.25) is 4.90 Å². The van der Waals surface area contributed by atoms with Gasteiger partial charge in [-0.05, 0) is 80.3 Å². The molecule has 0 atom stereocenters. The van der Waals surface area contributed by atoms with Crippen LogP contribution in [0, 0.1) is 27.7 Å². The van der Waals surface area contributed by atoms with Crippen LogP contribution >= 0.6 is 0 Å². The minimum Gasteiger partial charge on any atom is -0.305 e. The first-order valence-corrected chi connectivity index (χ1v) is 25.9. The normalized spacial score (nSPS) is 11.8. The molecule has 0 fully saturated rings. The molecule has 0 N–H and O–H groups in total. The van der Waals surface area contributed by atoms with E-state index in [2.05, 4.69) is 80.0 Å². The Morgan fingerprint density at radius 2 is 0.538 bits per heavy atom. The molecule has 1 aliphatic rings. The highest BCUT2D eigenvalue weighted by Crippen LogP contribution is 2.58. The number of benzene rings is 9. The number of rotatable bonds is 10. The smallest absolute Gasteiger partial charge is 0.238 e. The van der Waals surface area contributed by atoms with Crippen molar-refractivity contribution in [3.05, 3.63) is 247 Å². The third-order valence-corrected chi connectivity index (χ3v) is 13.8. The van der Waals surface area contributed by atoms with Gasteiger partial charge < -0.3 is 4.90 Å². The Balaban J connectivity index is 1.10. The number of fused-ring (bicyclic) bond motifs is 2. The van der Waals surface area contributed by atoms with E-state index in [1.165, 1.54) is 0 Å². The van der Waals surface area contributed by atoms with E-state index >= 15 is 0 Å². The second-order valence-electron chi connectivity index (χ2n) is 19.4. The summed E-state index contributed by atoms with van der Waals surface area (Å²) in [7, 11) is 0. The number of aromatic nitrogens is 9. The zero-order valence-electron chi connectivity index (χ0n) is 43.3. The molecule has 1 aliphatic heterocycles. The van der Waals surface area contributed by atoms with Crippen LogP contribution in [0.3, 0.4) is 0 Å². The molecule has 0 bridgehead atoms. The van der Waals surface area contributed by atoms with E-state index in [1.54, 1.807) is 0 Å². The van der Waals surface area contributed by atoms with Crippen molar-refractivity contribution in [2.45, 2.75) is 27.7 Å². The Morgan fingerprint density at radius 1 is 0.244 bits per heavy atom. The first-order valence-electron chi connectivity index (χ1n) is 25.9. The van der Waals surface area contributed by atoms with Gasteiger partial charge in [0.25, 0.3) is 0 Å². The molecule has 13 rings (SSSR count). The van der Waals surface area contributed by atoms with E-state index in [9.17, 15) is 0 Å². The summed E-state index contributed by atoms with van der Waals surface area (Å²) >= 11 is 0. The van der Waals surface area contributed by atoms with Crippen molar-refractivity contribution in [1.29, 1.82) is 0 Å². The van der Waals surface area contributed by atoms with E-state index in [0.29, 0.717) is 52.5 Å². The van der Waals surface area contributed by atoms with Gasteiger partial charge in [0, 0.05) is 44.5 Å². The second kappa shape index (κ2) is 20.0. The Bertz CT molecular complexity index is 3950. The van der Waals surface area contributed by atoms with Gasteiger partial charge >= 0.3 is 0 Å². The molecule has 4 heterocycles. The quantitative estimate of drug-likeness (QED) is 0.130. The molecular weight excluding hydrogens is 959 g/mol. The van der Waals surface area contributed by atoms with Crippen LogP contribution in [0.1, 0.15) is 22.3 Å². The topological polar surface area (TPSA) is 122 Å². The SMILES string of the molecule is Cc1cc(C)c2c(c1)N(c1nc(-c3ccccc3)nc(-c3ccccc3)n1)c1cc(C)cc(C)c1N2c1ccc(-c2nc(-c3ccccc3)nc(-c3ccccc3)n2)cc1-c1nc(-c2ccccc2)nc(-c2ccccc2)n1. The molecule has 11 nitrogen and oxygen atoms in total. The number of hydrogen-bond acceptors (Lipinski definition) is 11. The summed E-state index contributed by atoms with van der Waals surface area (Å²) in [6, 6.07) is 75.7. The molecule has 372 valence electrons. The summed E-state index contributed by atoms with van der Waals surface area (Å²) in [5.74, 6) is 4.79. The van der Waals surface area contributed by atoms with Gasteiger partial charge in [0.05, 0.1) is 28.4 Å². The molecular formula is C67H49N11. The van der Waals surface area contributed by atoms with Gasteiger partial charge in [0.15, 0.2) is 46.6 Å². The van der Waals surface area contributed by atoms with E-state index in [-0.39, 0.29) is 0 Å². The van der Waals surface area contributed by atoms with Crippen LogP contribution in [0.5, 0.6) is 0 Å². The van der Waals surface area contributed by atoms with Crippen molar-refractivity contribution in [1.82, 2.24) is 44.9 Å². The summed E-state index contributed by atoms with van der Waals surface area (Å²) in [5, 5.41) is 0. The zero-order valence-corrected chi connectivity index (χ0v) is 43.3. The van der Waals surface area contributed by atoms with Gasteiger partial charge in [0.1, 0.15) is 0 Å². The lowest BCUT2D eigenvalue weighted by Crippen LogP contribution is -2.28. The Hall–Kier alpha value is -10.4. The van der Waals surface area contributed by atoms with Crippen molar-refractivity contribution < 1.29 is 0 Å². The average Bonchev–Trinajstić information content (AvgIpc) is 3.68. The maximum absolute atomic E-state index is 5.41. The molecule has 0 amide bonds. The molecule has 3 aromatic heterocycles. The van der Waals surface area contributed by atoms with Crippen molar-refractivity contribution in [2.75, 3.05) is 9.80 Å². The van der Waals surface area contributed by atoms with Crippen molar-refractivity contribution in [2.24, 2.45) is 0 Å². The highest BCUT2D eigenvalue weighted by atomic mass is 15.3. The fourth-order valence-electron chi connectivity index (χ4n) is 10.3. The molecule has 0 spiro atoms. The number of nitrogens with zero attached hydrogens (tertiary/aromatic N) is 11. The molecule has 0 aliphatic carbocycles. The Morgan fingerprint density at radius 3 is 0.872 bits per heavy atom. The molecule has 0 saturated carbocycles. The predicted molar refractivity (Wildman–Crippen MR) is 312 cm³/mol. The van der Waals surface area contributed by atoms with Crippen LogP contribution in [-0.2, 0) is 0 Å². The molecule has 9 aromatic carbocycles. The number of hydrogen-bond donors (Lipinski definition) is 0. The van der Waals surface area contributed by atoms with Gasteiger partial charge in [-0.1, -0.05) is 194 Å². The molecule has 11 heteroatoms. The molecule has 0 saturated heterocycles. The fourth-order valence-corrected chi connectivity index (χ4v) is 10.3. The molecule has 0 radical (unpaired) electrons. The summed E-state index contributed by atoms with van der Waals surface area (Å²) in [6.45, 7) is 8.61. The Kier molecular flexibility index (Phi) is 12.2. The molecule has 0 unspecified atom stereocenters. The number of aryl methyl sites for hydroxylation is 4. The van der Waals surface area contributed by atoms with Crippen molar-refractivity contribution >= 4 is 34.4 Å². The van der Waals surface area contributed by atoms with Crippen LogP contribution in [0.25, 0.3) is 91.1 Å². The third-order valence-electron chi connectivity index (χ3n) is 13.8. The van der Waals surface area contributed by atoms with Gasteiger partial charge in [-0.2, -0.15) is 9.97 Å². The third kappa shape index (κ3) is 8.98. The van der Waals surface area contributed by atoms with Crippen LogP contribution in [0.15, 0.2) is 224 Å². The van der Waals surface area contributed by atoms with Crippen LogP contribution < -0.4 is 9.80 Å². The standard InChI is InChI=1S/C67H49N11/c1-42-37-44(3)57-55(39-42)77(67-75-63(50-31-19-9-20-32-50)72-64(76-67)51-33-21-10-22-34-51)56-40-43(2)38-45(4)58(56)78(57)54-36-35-52(65-70-59(46-23-11-5-12-24-46)68-60(71-65)47-25-13-6-14-26-47)41-53(54)66-73-61(48-27-15-7-16-28-48)69-62(74-66)49-29-17-8-18-30-49/h5-41H,1-4H3. The van der Waals surface area contributed by atoms with E-state index in [0.717, 1.165) is 95.2 Å². The number of anilines is 6. The average molecular weight is 1010 g/mol. The Labute approximate surface area is 452 Å². The zero-order chi connectivity index (χ0) is 52.7. The molecule has 12 aromatic rings. The highest BCUT2D eigenvalue weighted by molar-refractivity contribution is 6.05. The first-order chi connectivity index (χ1) is 38.3. The van der Waals surface area contributed by atoms with E-state index in [4.69, 9.17) is 44.9 Å². The lowest BCUT2D eigenvalue weighted by Gasteiger charge is -2.42. The van der Waals surface area contributed by atoms with Crippen LogP contribution in [-0.4, -0.2) is 44.9 Å². The predicted octanol–water partition coefficient (Wildman–Crippen LogP) is 16.1. The van der Waals surface area contributed by atoms with E-state index in [1.807, 2.05) is 182 Å². The minimum atomic E-state index is 0.470. The summed E-state index contributed by atoms with van der Waals surface area (Å²) < 4.78 is 0. The van der Waals surface area contributed by atoms with E-state index < -0.39 is 0 Å². The first kappa shape index (κ1) is 47.3. The fraction of sp³-hybridized carbons (Fsp3) is 0.0597. The molecule has 78 heavy (non-hydrogen) atoms. The lowest BCUT2D eigenvalue weighted by atomic mass is 9.95. The van der Waals surface area contributed by atoms with Crippen LogP contribution in [0.4, 0.5) is 34.4 Å². The minimum absolute atomic E-state index is 0.470. The van der Waals surface area contributed by atoms with Crippen molar-refractivity contribution in [3.63, 3.8) is 0 Å². The van der Waals surface area contributed by atoms with Crippen molar-refractivity contribution in [3.8, 4) is 91.1 Å². The highest BCUT2D eigenvalue weighted by Gasteiger charge is 2.37. The summed E-state index contributed by atoms with van der Waals surface area (Å²) in [6.07, 6.45) is 0. The maximum Gasteiger partial charge on any atom is 0.238 e. The lowest BCUT2D eigenvalue weighted by molar-refractivity contribution is 1.00. The van der Waals surface area contributed by atoms with Gasteiger partial charge in [-0.15, -0.1) is 0 Å². The second-order valence-corrected chi connectivity index (χ2v) is 19.4. The van der Waals surface area contributed by atoms with Crippen LogP contribution in [0.2, 0.25) is 0 Å². The monoisotopic (exact) mass is 1010 g/mol. The summed E-state index contributed by atoms with van der Waals surface area (Å²) in [5.41, 5.74) is 15.5. The maximum atomic E-state index is 5.41. The largest absolute Gasteiger partial charge is 0.305 e. The summed E-state index contributed by atoms with van der Waals surface area (Å²) in [4.78, 5) is 51.8.